The molecule has 0 fully saturated rings. The maximum absolute atomic E-state index is 12.6. The molecule has 0 radical (unpaired) electrons. The van der Waals surface area contributed by atoms with Gasteiger partial charge in [0.25, 0.3) is 11.6 Å². The maximum Gasteiger partial charge on any atom is 0.293 e. The number of amides is 1. The van der Waals surface area contributed by atoms with Gasteiger partial charge >= 0.3 is 0 Å². The van der Waals surface area contributed by atoms with Crippen LogP contribution in [-0.4, -0.2) is 29.1 Å². The SMILES string of the molecule is Cc1onc(-c2ccccc2)c1C(=O)NCCNc1c(Cl)cccc1[N+](=O)[O-]. The molecule has 2 N–H and O–H groups in total. The summed E-state index contributed by atoms with van der Waals surface area (Å²) in [5.74, 6) is 0.0686. The molecule has 0 spiro atoms. The zero-order valence-corrected chi connectivity index (χ0v) is 15.7. The third kappa shape index (κ3) is 4.12. The minimum absolute atomic E-state index is 0.125. The number of nitro groups is 1. The number of aromatic nitrogens is 1. The van der Waals surface area contributed by atoms with E-state index in [1.54, 1.807) is 13.0 Å². The molecule has 0 unspecified atom stereocenters. The zero-order valence-electron chi connectivity index (χ0n) is 14.9. The summed E-state index contributed by atoms with van der Waals surface area (Å²) in [7, 11) is 0. The van der Waals surface area contributed by atoms with E-state index >= 15 is 0 Å². The average molecular weight is 401 g/mol. The number of nitro benzene ring substituents is 1. The Balaban J connectivity index is 1.66. The van der Waals surface area contributed by atoms with Crippen molar-refractivity contribution in [2.45, 2.75) is 6.92 Å². The summed E-state index contributed by atoms with van der Waals surface area (Å²) in [5.41, 5.74) is 1.68. The Bertz CT molecular complexity index is 1000. The Morgan fingerprint density at radius 2 is 1.93 bits per heavy atom. The third-order valence-electron chi connectivity index (χ3n) is 4.04. The van der Waals surface area contributed by atoms with Gasteiger partial charge in [-0.2, -0.15) is 0 Å². The monoisotopic (exact) mass is 400 g/mol. The molecule has 0 aliphatic heterocycles. The van der Waals surface area contributed by atoms with Crippen LogP contribution in [-0.2, 0) is 0 Å². The van der Waals surface area contributed by atoms with Gasteiger partial charge in [-0.15, -0.1) is 0 Å². The van der Waals surface area contributed by atoms with E-state index in [4.69, 9.17) is 16.1 Å². The molecule has 0 bridgehead atoms. The molecule has 2 aromatic carbocycles. The number of benzene rings is 2. The van der Waals surface area contributed by atoms with Crippen LogP contribution < -0.4 is 10.6 Å². The first kappa shape index (κ1) is 19.4. The minimum atomic E-state index is -0.514. The van der Waals surface area contributed by atoms with Crippen molar-refractivity contribution in [3.05, 3.63) is 75.0 Å². The highest BCUT2D eigenvalue weighted by Crippen LogP contribution is 2.31. The van der Waals surface area contributed by atoms with E-state index in [2.05, 4.69) is 15.8 Å². The van der Waals surface area contributed by atoms with E-state index in [1.165, 1.54) is 12.1 Å². The zero-order chi connectivity index (χ0) is 20.1. The van der Waals surface area contributed by atoms with Gasteiger partial charge < -0.3 is 15.2 Å². The minimum Gasteiger partial charge on any atom is -0.376 e. The number of anilines is 1. The number of halogens is 1. The number of para-hydroxylation sites is 1. The van der Waals surface area contributed by atoms with Crippen molar-refractivity contribution < 1.29 is 14.2 Å². The van der Waals surface area contributed by atoms with Crippen molar-refractivity contribution in [1.29, 1.82) is 0 Å². The lowest BCUT2D eigenvalue weighted by Crippen LogP contribution is -2.29. The number of carbonyl (C=O) groups excluding carboxylic acids is 1. The molecule has 0 aliphatic carbocycles. The lowest BCUT2D eigenvalue weighted by Gasteiger charge is -2.10. The Morgan fingerprint density at radius 3 is 2.64 bits per heavy atom. The van der Waals surface area contributed by atoms with E-state index in [0.29, 0.717) is 17.0 Å². The second-order valence-electron chi connectivity index (χ2n) is 5.90. The van der Waals surface area contributed by atoms with Crippen LogP contribution >= 0.6 is 11.6 Å². The average Bonchev–Trinajstić information content (AvgIpc) is 3.08. The van der Waals surface area contributed by atoms with Crippen LogP contribution in [0.2, 0.25) is 5.02 Å². The maximum atomic E-state index is 12.6. The summed E-state index contributed by atoms with van der Waals surface area (Å²) in [6, 6.07) is 13.7. The van der Waals surface area contributed by atoms with Gasteiger partial charge in [-0.1, -0.05) is 53.2 Å². The fraction of sp³-hybridized carbons (Fsp3) is 0.158. The molecular formula is C19H17ClN4O4. The van der Waals surface area contributed by atoms with E-state index in [0.717, 1.165) is 5.56 Å². The van der Waals surface area contributed by atoms with E-state index in [1.807, 2.05) is 30.3 Å². The Morgan fingerprint density at radius 1 is 1.18 bits per heavy atom. The molecule has 9 heteroatoms. The van der Waals surface area contributed by atoms with Crippen LogP contribution in [0.5, 0.6) is 0 Å². The van der Waals surface area contributed by atoms with Gasteiger partial charge in [0.15, 0.2) is 0 Å². The molecule has 1 amide bonds. The summed E-state index contributed by atoms with van der Waals surface area (Å²) >= 11 is 6.03. The normalized spacial score (nSPS) is 10.5. The fourth-order valence-corrected chi connectivity index (χ4v) is 2.96. The second-order valence-corrected chi connectivity index (χ2v) is 6.31. The number of aryl methyl sites for hydroxylation is 1. The summed E-state index contributed by atoms with van der Waals surface area (Å²) < 4.78 is 5.19. The first-order valence-electron chi connectivity index (χ1n) is 8.45. The molecule has 28 heavy (non-hydrogen) atoms. The van der Waals surface area contributed by atoms with Crippen molar-refractivity contribution in [1.82, 2.24) is 10.5 Å². The van der Waals surface area contributed by atoms with Gasteiger partial charge in [-0.25, -0.2) is 0 Å². The molecule has 144 valence electrons. The predicted octanol–water partition coefficient (Wildman–Crippen LogP) is 4.05. The van der Waals surface area contributed by atoms with E-state index in [9.17, 15) is 14.9 Å². The van der Waals surface area contributed by atoms with Crippen LogP contribution in [0.15, 0.2) is 53.1 Å². The van der Waals surface area contributed by atoms with Crippen molar-refractivity contribution in [3.63, 3.8) is 0 Å². The molecule has 8 nitrogen and oxygen atoms in total. The molecule has 3 rings (SSSR count). The first-order chi connectivity index (χ1) is 13.5. The molecule has 0 saturated carbocycles. The van der Waals surface area contributed by atoms with Gasteiger partial charge in [0.1, 0.15) is 22.7 Å². The second kappa shape index (κ2) is 8.53. The van der Waals surface area contributed by atoms with E-state index < -0.39 is 4.92 Å². The number of carbonyl (C=O) groups is 1. The van der Waals surface area contributed by atoms with Gasteiger partial charge in [-0.05, 0) is 13.0 Å². The highest BCUT2D eigenvalue weighted by molar-refractivity contribution is 6.33. The topological polar surface area (TPSA) is 110 Å². The van der Waals surface area contributed by atoms with Crippen molar-refractivity contribution in [2.24, 2.45) is 0 Å². The number of nitrogens with zero attached hydrogens (tertiary/aromatic N) is 2. The molecule has 3 aromatic rings. The molecule has 0 saturated heterocycles. The molecule has 0 aliphatic rings. The van der Waals surface area contributed by atoms with Crippen LogP contribution in [0.4, 0.5) is 11.4 Å². The number of nitrogens with one attached hydrogen (secondary N) is 2. The highest BCUT2D eigenvalue weighted by atomic mass is 35.5. The third-order valence-corrected chi connectivity index (χ3v) is 4.35. The van der Waals surface area contributed by atoms with Gasteiger partial charge in [0.05, 0.1) is 9.95 Å². The van der Waals surface area contributed by atoms with Crippen LogP contribution in [0.25, 0.3) is 11.3 Å². The Hall–Kier alpha value is -3.39. The Labute approximate surface area is 165 Å². The van der Waals surface area contributed by atoms with Crippen LogP contribution in [0.3, 0.4) is 0 Å². The standard InChI is InChI=1S/C19H17ClN4O4/c1-12-16(17(23-28-12)13-6-3-2-4-7-13)19(25)22-11-10-21-18-14(20)8-5-9-15(18)24(26)27/h2-9,21H,10-11H2,1H3,(H,22,25). The lowest BCUT2D eigenvalue weighted by atomic mass is 10.1. The van der Waals surface area contributed by atoms with Crippen LogP contribution in [0.1, 0.15) is 16.1 Å². The van der Waals surface area contributed by atoms with Gasteiger partial charge in [-0.3, -0.25) is 14.9 Å². The van der Waals surface area contributed by atoms with Gasteiger partial charge in [0, 0.05) is 24.7 Å². The fourth-order valence-electron chi connectivity index (χ4n) is 2.72. The number of rotatable bonds is 7. The summed E-state index contributed by atoms with van der Waals surface area (Å²) in [6.07, 6.45) is 0. The smallest absolute Gasteiger partial charge is 0.293 e. The van der Waals surface area contributed by atoms with Crippen molar-refractivity contribution in [3.8, 4) is 11.3 Å². The number of hydrogen-bond donors (Lipinski definition) is 2. The highest BCUT2D eigenvalue weighted by Gasteiger charge is 2.21. The number of hydrogen-bond acceptors (Lipinski definition) is 6. The Kier molecular flexibility index (Phi) is 5.90. The summed E-state index contributed by atoms with van der Waals surface area (Å²) in [5, 5.41) is 21.0. The summed E-state index contributed by atoms with van der Waals surface area (Å²) in [4.78, 5) is 23.2. The lowest BCUT2D eigenvalue weighted by molar-refractivity contribution is -0.383. The van der Waals surface area contributed by atoms with Crippen molar-refractivity contribution >= 4 is 28.9 Å². The first-order valence-corrected chi connectivity index (χ1v) is 8.83. The quantitative estimate of drug-likeness (QED) is 0.351. The molecule has 1 heterocycles. The van der Waals surface area contributed by atoms with E-state index in [-0.39, 0.29) is 35.4 Å². The molecular weight excluding hydrogens is 384 g/mol. The predicted molar refractivity (Wildman–Crippen MR) is 106 cm³/mol. The van der Waals surface area contributed by atoms with Crippen molar-refractivity contribution in [2.75, 3.05) is 18.4 Å². The van der Waals surface area contributed by atoms with Gasteiger partial charge in [0.2, 0.25) is 0 Å². The molecule has 1 aromatic heterocycles. The largest absolute Gasteiger partial charge is 0.376 e. The molecule has 0 atom stereocenters. The van der Waals surface area contributed by atoms with Crippen LogP contribution in [0, 0.1) is 17.0 Å². The summed E-state index contributed by atoms with van der Waals surface area (Å²) in [6.45, 7) is 2.14.